The van der Waals surface area contributed by atoms with Crippen molar-refractivity contribution in [3.63, 3.8) is 0 Å². The molecule has 0 spiro atoms. The van der Waals surface area contributed by atoms with Crippen molar-refractivity contribution in [2.45, 2.75) is 0 Å². The Labute approximate surface area is 198 Å². The number of benzene rings is 3. The molecule has 0 radical (unpaired) electrons. The van der Waals surface area contributed by atoms with E-state index in [1.54, 1.807) is 39.5 Å². The third-order valence-corrected chi connectivity index (χ3v) is 5.21. The lowest BCUT2D eigenvalue weighted by molar-refractivity contribution is -0.121. The topological polar surface area (TPSA) is 81.6 Å². The average molecular weight is 460 g/mol. The third kappa shape index (κ3) is 4.52. The Balaban J connectivity index is 1.74. The summed E-state index contributed by atoms with van der Waals surface area (Å²) in [5, 5.41) is 1.43. The molecule has 0 atom stereocenters. The molecule has 0 aromatic heterocycles. The molecule has 1 aliphatic rings. The molecule has 3 aromatic carbocycles. The van der Waals surface area contributed by atoms with Crippen LogP contribution in [0.15, 0.2) is 77.4 Å². The zero-order chi connectivity index (χ0) is 24.1. The Morgan fingerprint density at radius 3 is 2.03 bits per heavy atom. The number of amidine groups is 1. The fourth-order valence-corrected chi connectivity index (χ4v) is 3.54. The summed E-state index contributed by atoms with van der Waals surface area (Å²) in [6.07, 6.45) is 1.69. The highest BCUT2D eigenvalue weighted by Gasteiger charge is 2.32. The second-order valence-corrected chi connectivity index (χ2v) is 7.27. The van der Waals surface area contributed by atoms with Crippen LogP contribution in [-0.2, 0) is 4.79 Å². The van der Waals surface area contributed by atoms with E-state index in [2.05, 4.69) is 10.4 Å². The van der Waals surface area contributed by atoms with Crippen LogP contribution in [0, 0.1) is 0 Å². The van der Waals surface area contributed by atoms with Crippen molar-refractivity contribution in [1.29, 1.82) is 0 Å². The molecule has 4 rings (SSSR count). The number of hydrogen-bond donors (Lipinski definition) is 1. The summed E-state index contributed by atoms with van der Waals surface area (Å²) in [5.74, 6) is 2.35. The van der Waals surface area contributed by atoms with Gasteiger partial charge in [-0.2, -0.15) is 5.01 Å². The number of methoxy groups -OCH3 is 4. The van der Waals surface area contributed by atoms with E-state index in [1.165, 1.54) is 12.1 Å². The molecule has 0 unspecified atom stereocenters. The summed E-state index contributed by atoms with van der Waals surface area (Å²) in [7, 11) is 6.23. The second-order valence-electron chi connectivity index (χ2n) is 7.27. The Morgan fingerprint density at radius 1 is 0.824 bits per heavy atom. The quantitative estimate of drug-likeness (QED) is 0.504. The molecule has 1 heterocycles. The minimum atomic E-state index is -0.302. The largest absolute Gasteiger partial charge is 0.497 e. The van der Waals surface area contributed by atoms with Crippen molar-refractivity contribution >= 4 is 23.5 Å². The number of carbonyl (C=O) groups is 1. The smallest absolute Gasteiger partial charge is 0.297 e. The van der Waals surface area contributed by atoms with Gasteiger partial charge in [-0.05, 0) is 48.0 Å². The summed E-state index contributed by atoms with van der Waals surface area (Å²) >= 11 is 0. The van der Waals surface area contributed by atoms with E-state index in [-0.39, 0.29) is 11.6 Å². The number of nitrogens with one attached hydrogen (secondary N) is 1. The highest BCUT2D eigenvalue weighted by Crippen LogP contribution is 2.39. The Hall–Kier alpha value is -4.46. The third-order valence-electron chi connectivity index (χ3n) is 5.21. The van der Waals surface area contributed by atoms with Crippen molar-refractivity contribution < 1.29 is 23.7 Å². The number of hydrogen-bond acceptors (Lipinski definition) is 7. The lowest BCUT2D eigenvalue weighted by Crippen LogP contribution is -2.37. The van der Waals surface area contributed by atoms with E-state index in [0.717, 1.165) is 11.3 Å². The van der Waals surface area contributed by atoms with Gasteiger partial charge in [0.15, 0.2) is 17.3 Å². The number of amides is 1. The molecule has 8 heteroatoms. The molecule has 8 nitrogen and oxygen atoms in total. The zero-order valence-corrected chi connectivity index (χ0v) is 19.4. The summed E-state index contributed by atoms with van der Waals surface area (Å²) in [6.45, 7) is 0. The van der Waals surface area contributed by atoms with Crippen LogP contribution in [0.25, 0.3) is 6.08 Å². The first-order valence-electron chi connectivity index (χ1n) is 10.5. The Kier molecular flexibility index (Phi) is 6.68. The number of anilines is 1. The van der Waals surface area contributed by atoms with Gasteiger partial charge in [0.1, 0.15) is 11.4 Å². The summed E-state index contributed by atoms with van der Waals surface area (Å²) < 4.78 is 21.5. The summed E-state index contributed by atoms with van der Waals surface area (Å²) in [6, 6.07) is 20.3. The van der Waals surface area contributed by atoms with Gasteiger partial charge >= 0.3 is 0 Å². The minimum Gasteiger partial charge on any atom is -0.497 e. The summed E-state index contributed by atoms with van der Waals surface area (Å²) in [5.41, 5.74) is 5.61. The first-order valence-corrected chi connectivity index (χ1v) is 10.5. The molecular weight excluding hydrogens is 434 g/mol. The van der Waals surface area contributed by atoms with Crippen molar-refractivity contribution in [3.8, 4) is 23.0 Å². The molecule has 174 valence electrons. The Bertz CT molecular complexity index is 1210. The van der Waals surface area contributed by atoms with Crippen molar-refractivity contribution in [2.75, 3.05) is 33.9 Å². The number of nitrogens with zero attached hydrogens (tertiary/aromatic N) is 2. The maximum Gasteiger partial charge on any atom is 0.297 e. The van der Waals surface area contributed by atoms with Gasteiger partial charge in [0.25, 0.3) is 5.91 Å². The second kappa shape index (κ2) is 9.99. The highest BCUT2D eigenvalue weighted by molar-refractivity contribution is 6.20. The van der Waals surface area contributed by atoms with Crippen LogP contribution in [0.1, 0.15) is 11.1 Å². The molecule has 0 saturated heterocycles. The molecular formula is C26H25N3O5. The first-order chi connectivity index (χ1) is 16.6. The maximum atomic E-state index is 13.4. The van der Waals surface area contributed by atoms with Gasteiger partial charge in [0, 0.05) is 5.56 Å². The van der Waals surface area contributed by atoms with Crippen molar-refractivity contribution in [3.05, 3.63) is 83.6 Å². The number of carbonyl (C=O) groups excluding carboxylic acids is 1. The summed E-state index contributed by atoms with van der Waals surface area (Å²) in [4.78, 5) is 18.1. The molecule has 1 amide bonds. The number of ether oxygens (including phenoxy) is 4. The van der Waals surface area contributed by atoms with Gasteiger partial charge in [-0.3, -0.25) is 10.2 Å². The lowest BCUT2D eigenvalue weighted by atomic mass is 10.1. The average Bonchev–Trinajstić information content (AvgIpc) is 3.18. The molecule has 3 aromatic rings. The number of aliphatic imine (C=N–C) groups is 1. The van der Waals surface area contributed by atoms with E-state index in [4.69, 9.17) is 18.9 Å². The van der Waals surface area contributed by atoms with Crippen LogP contribution in [0.3, 0.4) is 0 Å². The Morgan fingerprint density at radius 2 is 1.47 bits per heavy atom. The van der Waals surface area contributed by atoms with Crippen LogP contribution in [0.5, 0.6) is 23.0 Å². The fraction of sp³-hybridized carbons (Fsp3) is 0.154. The van der Waals surface area contributed by atoms with E-state index in [0.29, 0.717) is 34.3 Å². The maximum absolute atomic E-state index is 13.4. The standard InChI is InChI=1S/C26H25N3O5/c1-31-20-12-10-19(11-13-20)28-29-25(18-8-6-5-7-9-18)27-21(26(29)30)14-17-15-22(32-2)24(34-4)23(16-17)33-3/h5-16,28H,1-4H3/b21-14-. The predicted octanol–water partition coefficient (Wildman–Crippen LogP) is 4.38. The molecule has 34 heavy (non-hydrogen) atoms. The minimum absolute atomic E-state index is 0.258. The van der Waals surface area contributed by atoms with Crippen molar-refractivity contribution in [2.24, 2.45) is 4.99 Å². The van der Waals surface area contributed by atoms with Gasteiger partial charge in [-0.1, -0.05) is 30.3 Å². The molecule has 0 bridgehead atoms. The zero-order valence-electron chi connectivity index (χ0n) is 19.4. The van der Waals surface area contributed by atoms with Gasteiger partial charge in [0.2, 0.25) is 5.75 Å². The molecule has 1 N–H and O–H groups in total. The number of hydrazine groups is 1. The normalized spacial score (nSPS) is 14.1. The molecule has 0 saturated carbocycles. The van der Waals surface area contributed by atoms with E-state index in [1.807, 2.05) is 54.6 Å². The van der Waals surface area contributed by atoms with Gasteiger partial charge in [-0.15, -0.1) is 0 Å². The van der Waals surface area contributed by atoms with Crippen molar-refractivity contribution in [1.82, 2.24) is 5.01 Å². The van der Waals surface area contributed by atoms with Crippen LogP contribution in [0.4, 0.5) is 5.69 Å². The van der Waals surface area contributed by atoms with E-state index in [9.17, 15) is 4.79 Å². The van der Waals surface area contributed by atoms with Gasteiger partial charge < -0.3 is 18.9 Å². The fourth-order valence-electron chi connectivity index (χ4n) is 3.54. The van der Waals surface area contributed by atoms with E-state index < -0.39 is 0 Å². The van der Waals surface area contributed by atoms with Crippen LogP contribution >= 0.6 is 0 Å². The molecule has 1 aliphatic heterocycles. The predicted molar refractivity (Wildman–Crippen MR) is 131 cm³/mol. The van der Waals surface area contributed by atoms with Gasteiger partial charge in [0.05, 0.1) is 34.1 Å². The van der Waals surface area contributed by atoms with Crippen LogP contribution in [-0.4, -0.2) is 45.2 Å². The van der Waals surface area contributed by atoms with Crippen LogP contribution in [0.2, 0.25) is 0 Å². The molecule has 0 fully saturated rings. The number of rotatable bonds is 8. The SMILES string of the molecule is COc1ccc(NN2C(=O)/C(=C/c3cc(OC)c(OC)c(OC)c3)N=C2c2ccccc2)cc1. The first kappa shape index (κ1) is 22.7. The molecule has 0 aliphatic carbocycles. The van der Waals surface area contributed by atoms with Gasteiger partial charge in [-0.25, -0.2) is 4.99 Å². The van der Waals surface area contributed by atoms with E-state index >= 15 is 0 Å². The van der Waals surface area contributed by atoms with Crippen LogP contribution < -0.4 is 24.4 Å². The lowest BCUT2D eigenvalue weighted by Gasteiger charge is -2.20. The highest BCUT2D eigenvalue weighted by atomic mass is 16.5. The monoisotopic (exact) mass is 459 g/mol.